The predicted octanol–water partition coefficient (Wildman–Crippen LogP) is 1.58. The highest BCUT2D eigenvalue weighted by molar-refractivity contribution is 7.99. The summed E-state index contributed by atoms with van der Waals surface area (Å²) in [5.74, 6) is 0.295. The van der Waals surface area contributed by atoms with Crippen molar-refractivity contribution in [1.82, 2.24) is 9.80 Å². The van der Waals surface area contributed by atoms with Gasteiger partial charge in [0.25, 0.3) is 0 Å². The Labute approximate surface area is 118 Å². The fourth-order valence-corrected chi connectivity index (χ4v) is 2.96. The SMILES string of the molecule is O=C(O)CSCN1CCN(Cc2ccccc2)CC1. The minimum absolute atomic E-state index is 0.199. The highest BCUT2D eigenvalue weighted by Gasteiger charge is 2.16. The van der Waals surface area contributed by atoms with Gasteiger partial charge in [-0.3, -0.25) is 14.6 Å². The van der Waals surface area contributed by atoms with Crippen LogP contribution in [0.4, 0.5) is 0 Å². The first-order valence-corrected chi connectivity index (χ1v) is 7.67. The van der Waals surface area contributed by atoms with Gasteiger partial charge in [-0.05, 0) is 5.56 Å². The normalized spacial score (nSPS) is 17.5. The van der Waals surface area contributed by atoms with Gasteiger partial charge in [0.1, 0.15) is 0 Å². The van der Waals surface area contributed by atoms with Crippen molar-refractivity contribution in [2.45, 2.75) is 6.54 Å². The summed E-state index contributed by atoms with van der Waals surface area (Å²) in [6.07, 6.45) is 0. The van der Waals surface area contributed by atoms with Crippen molar-refractivity contribution in [2.75, 3.05) is 37.8 Å². The van der Waals surface area contributed by atoms with Crippen LogP contribution >= 0.6 is 11.8 Å². The van der Waals surface area contributed by atoms with Crippen LogP contribution in [-0.4, -0.2) is 58.7 Å². The van der Waals surface area contributed by atoms with E-state index >= 15 is 0 Å². The van der Waals surface area contributed by atoms with Crippen molar-refractivity contribution in [3.63, 3.8) is 0 Å². The second-order valence-electron chi connectivity index (χ2n) is 4.75. The molecule has 1 aromatic rings. The van der Waals surface area contributed by atoms with Crippen LogP contribution in [-0.2, 0) is 11.3 Å². The van der Waals surface area contributed by atoms with Crippen LogP contribution in [0.2, 0.25) is 0 Å². The highest BCUT2D eigenvalue weighted by atomic mass is 32.2. The van der Waals surface area contributed by atoms with Crippen molar-refractivity contribution in [3.05, 3.63) is 35.9 Å². The summed E-state index contributed by atoms with van der Waals surface area (Å²) in [5, 5.41) is 8.60. The summed E-state index contributed by atoms with van der Waals surface area (Å²) in [6.45, 7) is 5.18. The van der Waals surface area contributed by atoms with E-state index in [1.807, 2.05) is 6.07 Å². The van der Waals surface area contributed by atoms with Gasteiger partial charge in [-0.1, -0.05) is 30.3 Å². The summed E-state index contributed by atoms with van der Waals surface area (Å²) in [6, 6.07) is 10.5. The Hall–Kier alpha value is -1.04. The number of benzene rings is 1. The zero-order valence-electron chi connectivity index (χ0n) is 11.0. The van der Waals surface area contributed by atoms with E-state index in [1.165, 1.54) is 17.3 Å². The molecule has 0 radical (unpaired) electrons. The van der Waals surface area contributed by atoms with E-state index in [1.54, 1.807) is 0 Å². The first-order chi connectivity index (χ1) is 9.24. The molecule has 0 unspecified atom stereocenters. The molecule has 0 bridgehead atoms. The zero-order chi connectivity index (χ0) is 13.5. The van der Waals surface area contributed by atoms with E-state index in [-0.39, 0.29) is 5.75 Å². The fourth-order valence-electron chi connectivity index (χ4n) is 2.18. The second-order valence-corrected chi connectivity index (χ2v) is 5.71. The Morgan fingerprint density at radius 3 is 2.37 bits per heavy atom. The summed E-state index contributed by atoms with van der Waals surface area (Å²) < 4.78 is 0. The van der Waals surface area contributed by atoms with Gasteiger partial charge in [-0.2, -0.15) is 0 Å². The molecule has 0 aromatic heterocycles. The molecule has 0 amide bonds. The van der Waals surface area contributed by atoms with Gasteiger partial charge in [-0.25, -0.2) is 0 Å². The first-order valence-electron chi connectivity index (χ1n) is 6.52. The molecule has 104 valence electrons. The molecule has 0 atom stereocenters. The zero-order valence-corrected chi connectivity index (χ0v) is 11.8. The van der Waals surface area contributed by atoms with Crippen LogP contribution in [0.5, 0.6) is 0 Å². The van der Waals surface area contributed by atoms with E-state index in [0.29, 0.717) is 0 Å². The van der Waals surface area contributed by atoms with Crippen LogP contribution in [0.25, 0.3) is 0 Å². The van der Waals surface area contributed by atoms with Gasteiger partial charge in [-0.15, -0.1) is 11.8 Å². The van der Waals surface area contributed by atoms with Crippen molar-refractivity contribution in [1.29, 1.82) is 0 Å². The summed E-state index contributed by atoms with van der Waals surface area (Å²) in [4.78, 5) is 15.2. The van der Waals surface area contributed by atoms with Crippen molar-refractivity contribution in [3.8, 4) is 0 Å². The quantitative estimate of drug-likeness (QED) is 0.857. The number of aliphatic carboxylic acids is 1. The molecule has 5 heteroatoms. The molecule has 2 rings (SSSR count). The average molecular weight is 280 g/mol. The summed E-state index contributed by atoms with van der Waals surface area (Å²) >= 11 is 1.48. The van der Waals surface area contributed by atoms with Gasteiger partial charge in [0.15, 0.2) is 0 Å². The molecule has 0 spiro atoms. The third kappa shape index (κ3) is 5.22. The number of carboxylic acids is 1. The first kappa shape index (κ1) is 14.4. The molecular formula is C14H20N2O2S. The molecule has 1 aromatic carbocycles. The number of carbonyl (C=O) groups is 1. The molecular weight excluding hydrogens is 260 g/mol. The molecule has 1 aliphatic heterocycles. The van der Waals surface area contributed by atoms with Gasteiger partial charge in [0.2, 0.25) is 0 Å². The van der Waals surface area contributed by atoms with Crippen LogP contribution in [0.1, 0.15) is 5.56 Å². The van der Waals surface area contributed by atoms with Gasteiger partial charge in [0, 0.05) is 38.6 Å². The number of hydrogen-bond donors (Lipinski definition) is 1. The topological polar surface area (TPSA) is 43.8 Å². The predicted molar refractivity (Wildman–Crippen MR) is 78.3 cm³/mol. The summed E-state index contributed by atoms with van der Waals surface area (Å²) in [7, 11) is 0. The Morgan fingerprint density at radius 2 is 1.74 bits per heavy atom. The smallest absolute Gasteiger partial charge is 0.313 e. The molecule has 19 heavy (non-hydrogen) atoms. The Kier molecular flexibility index (Phi) is 5.69. The average Bonchev–Trinajstić information content (AvgIpc) is 2.42. The van der Waals surface area contributed by atoms with E-state index < -0.39 is 5.97 Å². The largest absolute Gasteiger partial charge is 0.481 e. The molecule has 0 saturated carbocycles. The van der Waals surface area contributed by atoms with Crippen LogP contribution in [0.15, 0.2) is 30.3 Å². The Bertz CT molecular complexity index is 392. The lowest BCUT2D eigenvalue weighted by Gasteiger charge is -2.34. The maximum Gasteiger partial charge on any atom is 0.313 e. The number of hydrogen-bond acceptors (Lipinski definition) is 4. The van der Waals surface area contributed by atoms with E-state index in [4.69, 9.17) is 5.11 Å². The third-order valence-electron chi connectivity index (χ3n) is 3.21. The Balaban J connectivity index is 1.66. The minimum Gasteiger partial charge on any atom is -0.481 e. The second kappa shape index (κ2) is 7.53. The number of piperazine rings is 1. The molecule has 0 aliphatic carbocycles. The van der Waals surface area contributed by atoms with Crippen molar-refractivity contribution < 1.29 is 9.90 Å². The molecule has 1 heterocycles. The number of nitrogens with zero attached hydrogens (tertiary/aromatic N) is 2. The van der Waals surface area contributed by atoms with Gasteiger partial charge >= 0.3 is 5.97 Å². The van der Waals surface area contributed by atoms with E-state index in [2.05, 4.69) is 34.1 Å². The van der Waals surface area contributed by atoms with Crippen LogP contribution in [0, 0.1) is 0 Å². The lowest BCUT2D eigenvalue weighted by atomic mass is 10.2. The number of carboxylic acid groups (broad SMARTS) is 1. The monoisotopic (exact) mass is 280 g/mol. The minimum atomic E-state index is -0.729. The van der Waals surface area contributed by atoms with Crippen molar-refractivity contribution in [2.24, 2.45) is 0 Å². The lowest BCUT2D eigenvalue weighted by molar-refractivity contribution is -0.133. The molecule has 1 N–H and O–H groups in total. The summed E-state index contributed by atoms with van der Waals surface area (Å²) in [5.41, 5.74) is 1.36. The van der Waals surface area contributed by atoms with Gasteiger partial charge < -0.3 is 5.11 Å². The van der Waals surface area contributed by atoms with E-state index in [9.17, 15) is 4.79 Å². The maximum atomic E-state index is 10.4. The van der Waals surface area contributed by atoms with Crippen LogP contribution < -0.4 is 0 Å². The maximum absolute atomic E-state index is 10.4. The fraction of sp³-hybridized carbons (Fsp3) is 0.500. The third-order valence-corrected chi connectivity index (χ3v) is 4.21. The molecule has 1 fully saturated rings. The molecule has 4 nitrogen and oxygen atoms in total. The lowest BCUT2D eigenvalue weighted by Crippen LogP contribution is -2.45. The van der Waals surface area contributed by atoms with E-state index in [0.717, 1.165) is 38.6 Å². The molecule has 1 saturated heterocycles. The standard InChI is InChI=1S/C14H20N2O2S/c17-14(18)11-19-12-16-8-6-15(7-9-16)10-13-4-2-1-3-5-13/h1-5H,6-12H2,(H,17,18). The van der Waals surface area contributed by atoms with Crippen LogP contribution in [0.3, 0.4) is 0 Å². The highest BCUT2D eigenvalue weighted by Crippen LogP contribution is 2.11. The Morgan fingerprint density at radius 1 is 1.11 bits per heavy atom. The van der Waals surface area contributed by atoms with Crippen molar-refractivity contribution >= 4 is 17.7 Å². The number of rotatable bonds is 6. The number of thioether (sulfide) groups is 1. The molecule has 1 aliphatic rings. The van der Waals surface area contributed by atoms with Gasteiger partial charge in [0.05, 0.1) is 5.75 Å².